The summed E-state index contributed by atoms with van der Waals surface area (Å²) in [6.07, 6.45) is 0. The Kier molecular flexibility index (Phi) is 5.27. The van der Waals surface area contributed by atoms with E-state index in [-0.39, 0.29) is 27.1 Å². The fraction of sp³-hybridized carbons (Fsp3) is 0.273. The summed E-state index contributed by atoms with van der Waals surface area (Å²) in [5, 5.41) is 8.88. The summed E-state index contributed by atoms with van der Waals surface area (Å²) in [6.45, 7) is -1.27. The highest BCUT2D eigenvalue weighted by Gasteiger charge is 2.21. The van der Waals surface area contributed by atoms with Gasteiger partial charge in [-0.1, -0.05) is 0 Å². The number of nitrogens with zero attached hydrogens (tertiary/aromatic N) is 1. The van der Waals surface area contributed by atoms with Crippen LogP contribution in [-0.2, 0) is 4.74 Å². The lowest BCUT2D eigenvalue weighted by Crippen LogP contribution is -2.12. The molecule has 0 aliphatic heterocycles. The van der Waals surface area contributed by atoms with Gasteiger partial charge in [-0.15, -0.1) is 0 Å². The first-order valence-corrected chi connectivity index (χ1v) is 5.93. The van der Waals surface area contributed by atoms with Crippen molar-refractivity contribution in [2.45, 2.75) is 13.5 Å². The number of carbonyl (C=O) groups excluding carboxylic acids is 1. The molecule has 0 amide bonds. The molecule has 1 rings (SSSR count). The van der Waals surface area contributed by atoms with Crippen LogP contribution in [0.2, 0.25) is 0 Å². The molecule has 0 atom stereocenters. The van der Waals surface area contributed by atoms with Crippen LogP contribution < -0.4 is 4.74 Å². The molecule has 0 saturated heterocycles. The Bertz CT molecular complexity index is 500. The number of hydrogen-bond acceptors (Lipinski definition) is 4. The third-order valence-electron chi connectivity index (χ3n) is 1.92. The van der Waals surface area contributed by atoms with Gasteiger partial charge in [0.25, 0.3) is 0 Å². The van der Waals surface area contributed by atoms with Crippen molar-refractivity contribution in [2.24, 2.45) is 0 Å². The van der Waals surface area contributed by atoms with E-state index in [4.69, 9.17) is 10.00 Å². The van der Waals surface area contributed by atoms with E-state index < -0.39 is 12.6 Å². The van der Waals surface area contributed by atoms with Crippen LogP contribution in [0.4, 0.5) is 8.78 Å². The second kappa shape index (κ2) is 6.49. The Morgan fingerprint density at radius 2 is 2.22 bits per heavy atom. The molecular weight excluding hydrogens is 359 g/mol. The van der Waals surface area contributed by atoms with Gasteiger partial charge in [-0.25, -0.2) is 4.79 Å². The van der Waals surface area contributed by atoms with E-state index in [1.165, 1.54) is 12.1 Å². The molecule has 0 bridgehead atoms. The molecule has 18 heavy (non-hydrogen) atoms. The minimum absolute atomic E-state index is 0.0551. The zero-order valence-electron chi connectivity index (χ0n) is 9.25. The van der Waals surface area contributed by atoms with Crippen LogP contribution in [0.1, 0.15) is 22.8 Å². The number of halogens is 3. The number of nitriles is 1. The van der Waals surface area contributed by atoms with Gasteiger partial charge in [-0.3, -0.25) is 0 Å². The van der Waals surface area contributed by atoms with Gasteiger partial charge in [0.15, 0.2) is 0 Å². The van der Waals surface area contributed by atoms with Gasteiger partial charge < -0.3 is 9.47 Å². The van der Waals surface area contributed by atoms with Crippen molar-refractivity contribution in [1.82, 2.24) is 0 Å². The zero-order valence-corrected chi connectivity index (χ0v) is 11.4. The predicted molar refractivity (Wildman–Crippen MR) is 66.5 cm³/mol. The van der Waals surface area contributed by atoms with Crippen molar-refractivity contribution in [2.75, 3.05) is 6.61 Å². The van der Waals surface area contributed by atoms with E-state index in [2.05, 4.69) is 4.74 Å². The monoisotopic (exact) mass is 367 g/mol. The summed E-state index contributed by atoms with van der Waals surface area (Å²) in [7, 11) is 0. The number of hydrogen-bond donors (Lipinski definition) is 0. The number of rotatable bonds is 4. The molecule has 4 nitrogen and oxygen atoms in total. The SMILES string of the molecule is CCOC(=O)c1c(C#N)ccc(OC(F)F)c1I. The van der Waals surface area contributed by atoms with Gasteiger partial charge in [0.2, 0.25) is 0 Å². The summed E-state index contributed by atoms with van der Waals surface area (Å²) in [4.78, 5) is 11.7. The Balaban J connectivity index is 3.28. The first kappa shape index (κ1) is 14.6. The maximum Gasteiger partial charge on any atom is 0.387 e. The summed E-state index contributed by atoms with van der Waals surface area (Å²) in [6, 6.07) is 4.27. The standard InChI is InChI=1S/C11H8F2INO3/c1-2-17-10(16)8-6(5-15)3-4-7(9(8)14)18-11(12)13/h3-4,11H,2H2,1H3. The molecule has 7 heteroatoms. The van der Waals surface area contributed by atoms with Crippen LogP contribution in [-0.4, -0.2) is 19.2 Å². The van der Waals surface area contributed by atoms with E-state index in [0.29, 0.717) is 0 Å². The average molecular weight is 367 g/mol. The maximum atomic E-state index is 12.2. The van der Waals surface area contributed by atoms with Crippen LogP contribution in [0.5, 0.6) is 5.75 Å². The Morgan fingerprint density at radius 1 is 1.56 bits per heavy atom. The molecule has 1 aromatic carbocycles. The number of alkyl halides is 2. The van der Waals surface area contributed by atoms with Gasteiger partial charge >= 0.3 is 12.6 Å². The topological polar surface area (TPSA) is 59.3 Å². The smallest absolute Gasteiger partial charge is 0.387 e. The molecule has 0 fully saturated rings. The van der Waals surface area contributed by atoms with Crippen LogP contribution in [0.3, 0.4) is 0 Å². The number of ether oxygens (including phenoxy) is 2. The normalized spacial score (nSPS) is 10.0. The molecule has 0 heterocycles. The van der Waals surface area contributed by atoms with Crippen molar-refractivity contribution in [1.29, 1.82) is 5.26 Å². The molecule has 0 aliphatic carbocycles. The Morgan fingerprint density at radius 3 is 2.72 bits per heavy atom. The largest absolute Gasteiger partial charge is 0.462 e. The molecule has 0 N–H and O–H groups in total. The van der Waals surface area contributed by atoms with Crippen LogP contribution in [0, 0.1) is 14.9 Å². The predicted octanol–water partition coefficient (Wildman–Crippen LogP) is 2.94. The van der Waals surface area contributed by atoms with Crippen LogP contribution >= 0.6 is 22.6 Å². The van der Waals surface area contributed by atoms with Crippen molar-refractivity contribution in [3.63, 3.8) is 0 Å². The summed E-state index contributed by atoms with van der Waals surface area (Å²) in [5.74, 6) is -0.897. The highest BCUT2D eigenvalue weighted by Crippen LogP contribution is 2.29. The first-order chi connectivity index (χ1) is 8.51. The Labute approximate surface area is 116 Å². The van der Waals surface area contributed by atoms with Gasteiger partial charge in [0, 0.05) is 0 Å². The van der Waals surface area contributed by atoms with Gasteiger partial charge in [0.05, 0.1) is 21.3 Å². The minimum atomic E-state index is -3.00. The van der Waals surface area contributed by atoms with E-state index in [1.807, 2.05) is 6.07 Å². The second-order valence-corrected chi connectivity index (χ2v) is 4.09. The summed E-state index contributed by atoms with van der Waals surface area (Å²) in [5.41, 5.74) is -0.00225. The molecule has 1 aromatic rings. The lowest BCUT2D eigenvalue weighted by molar-refractivity contribution is -0.0505. The summed E-state index contributed by atoms with van der Waals surface area (Å²) >= 11 is 1.67. The van der Waals surface area contributed by atoms with E-state index >= 15 is 0 Å². The number of esters is 1. The quantitative estimate of drug-likeness (QED) is 0.607. The third kappa shape index (κ3) is 3.29. The van der Waals surface area contributed by atoms with Crippen molar-refractivity contribution < 1.29 is 23.0 Å². The fourth-order valence-corrected chi connectivity index (χ4v) is 2.06. The lowest BCUT2D eigenvalue weighted by Gasteiger charge is -2.11. The van der Waals surface area contributed by atoms with Gasteiger partial charge in [-0.2, -0.15) is 14.0 Å². The van der Waals surface area contributed by atoms with Crippen LogP contribution in [0.15, 0.2) is 12.1 Å². The van der Waals surface area contributed by atoms with E-state index in [9.17, 15) is 13.6 Å². The molecule has 0 saturated carbocycles. The van der Waals surface area contributed by atoms with E-state index in [0.717, 1.165) is 0 Å². The van der Waals surface area contributed by atoms with Crippen LogP contribution in [0.25, 0.3) is 0 Å². The second-order valence-electron chi connectivity index (χ2n) is 3.01. The van der Waals surface area contributed by atoms with Gasteiger partial charge in [0.1, 0.15) is 11.8 Å². The highest BCUT2D eigenvalue weighted by atomic mass is 127. The van der Waals surface area contributed by atoms with Crippen molar-refractivity contribution in [3.8, 4) is 11.8 Å². The third-order valence-corrected chi connectivity index (χ3v) is 2.99. The average Bonchev–Trinajstić information content (AvgIpc) is 2.31. The molecule has 0 radical (unpaired) electrons. The molecular formula is C11H8F2INO3. The van der Waals surface area contributed by atoms with Crippen molar-refractivity contribution >= 4 is 28.6 Å². The van der Waals surface area contributed by atoms with Gasteiger partial charge in [-0.05, 0) is 41.6 Å². The molecule has 0 spiro atoms. The first-order valence-electron chi connectivity index (χ1n) is 4.85. The zero-order chi connectivity index (χ0) is 13.7. The molecule has 0 aromatic heterocycles. The molecule has 0 aliphatic rings. The fourth-order valence-electron chi connectivity index (χ4n) is 1.24. The van der Waals surface area contributed by atoms with E-state index in [1.54, 1.807) is 29.5 Å². The lowest BCUT2D eigenvalue weighted by atomic mass is 10.1. The molecule has 0 unspecified atom stereocenters. The number of carbonyl (C=O) groups is 1. The number of benzene rings is 1. The minimum Gasteiger partial charge on any atom is -0.462 e. The van der Waals surface area contributed by atoms with Crippen molar-refractivity contribution in [3.05, 3.63) is 26.8 Å². The summed E-state index contributed by atoms with van der Waals surface area (Å²) < 4.78 is 33.5. The Hall–Kier alpha value is -1.43. The maximum absolute atomic E-state index is 12.2. The highest BCUT2D eigenvalue weighted by molar-refractivity contribution is 14.1. The molecule has 96 valence electrons.